The normalized spacial score (nSPS) is 10.9. The number of nitrogens with one attached hydrogen (secondary N) is 1. The first-order valence-corrected chi connectivity index (χ1v) is 7.93. The van der Waals surface area contributed by atoms with E-state index in [1.165, 1.54) is 34.3 Å². The first kappa shape index (κ1) is 18.3. The smallest absolute Gasteiger partial charge is 0.135 e. The van der Waals surface area contributed by atoms with Gasteiger partial charge in [-0.1, -0.05) is 12.1 Å². The van der Waals surface area contributed by atoms with Gasteiger partial charge >= 0.3 is 0 Å². The summed E-state index contributed by atoms with van der Waals surface area (Å²) < 4.78 is 15.3. The van der Waals surface area contributed by atoms with E-state index in [0.29, 0.717) is 12.6 Å². The SMILES string of the molecule is Cc1c(C)n(C(C)C)c2ccnc(NCc3ccc(F)cc3)c12.Cl. The van der Waals surface area contributed by atoms with E-state index in [0.717, 1.165) is 11.4 Å². The molecule has 3 rings (SSSR count). The molecule has 2 aromatic heterocycles. The number of nitrogens with zero attached hydrogens (tertiary/aromatic N) is 2. The van der Waals surface area contributed by atoms with Gasteiger partial charge in [-0.05, 0) is 57.0 Å². The monoisotopic (exact) mass is 347 g/mol. The van der Waals surface area contributed by atoms with Gasteiger partial charge in [0, 0.05) is 29.9 Å². The molecule has 5 heteroatoms. The van der Waals surface area contributed by atoms with Crippen LogP contribution in [0.25, 0.3) is 10.9 Å². The highest BCUT2D eigenvalue weighted by molar-refractivity contribution is 5.94. The number of benzene rings is 1. The van der Waals surface area contributed by atoms with Crippen molar-refractivity contribution in [2.45, 2.75) is 40.3 Å². The Morgan fingerprint density at radius 1 is 1.12 bits per heavy atom. The van der Waals surface area contributed by atoms with Gasteiger partial charge in [-0.2, -0.15) is 0 Å². The van der Waals surface area contributed by atoms with Crippen LogP contribution in [0.1, 0.15) is 36.7 Å². The van der Waals surface area contributed by atoms with Crippen LogP contribution >= 0.6 is 12.4 Å². The van der Waals surface area contributed by atoms with Gasteiger partial charge < -0.3 is 9.88 Å². The number of aromatic nitrogens is 2. The van der Waals surface area contributed by atoms with Crippen molar-refractivity contribution in [1.29, 1.82) is 0 Å². The van der Waals surface area contributed by atoms with E-state index in [9.17, 15) is 4.39 Å². The Labute approximate surface area is 148 Å². The molecule has 3 aromatic rings. The van der Waals surface area contributed by atoms with Gasteiger partial charge in [-0.25, -0.2) is 9.37 Å². The van der Waals surface area contributed by atoms with Crippen molar-refractivity contribution >= 4 is 29.1 Å². The quantitative estimate of drug-likeness (QED) is 0.684. The van der Waals surface area contributed by atoms with Crippen LogP contribution < -0.4 is 5.32 Å². The maximum Gasteiger partial charge on any atom is 0.135 e. The lowest BCUT2D eigenvalue weighted by Crippen LogP contribution is -2.04. The van der Waals surface area contributed by atoms with Crippen LogP contribution in [0.3, 0.4) is 0 Å². The average Bonchev–Trinajstić information content (AvgIpc) is 2.79. The van der Waals surface area contributed by atoms with E-state index in [2.05, 4.69) is 48.6 Å². The van der Waals surface area contributed by atoms with Crippen molar-refractivity contribution < 1.29 is 4.39 Å². The van der Waals surface area contributed by atoms with Crippen LogP contribution in [-0.4, -0.2) is 9.55 Å². The molecule has 0 bridgehead atoms. The number of aryl methyl sites for hydroxylation is 1. The molecule has 128 valence electrons. The number of fused-ring (bicyclic) bond motifs is 1. The van der Waals surface area contributed by atoms with Gasteiger partial charge in [0.2, 0.25) is 0 Å². The van der Waals surface area contributed by atoms with Crippen molar-refractivity contribution in [1.82, 2.24) is 9.55 Å². The molecule has 1 N–H and O–H groups in total. The lowest BCUT2D eigenvalue weighted by Gasteiger charge is -2.13. The van der Waals surface area contributed by atoms with E-state index in [1.54, 1.807) is 12.1 Å². The molecular formula is C19H23ClFN3. The van der Waals surface area contributed by atoms with E-state index in [-0.39, 0.29) is 18.2 Å². The first-order valence-electron chi connectivity index (χ1n) is 7.93. The third-order valence-electron chi connectivity index (χ3n) is 4.36. The Morgan fingerprint density at radius 3 is 2.42 bits per heavy atom. The number of hydrogen-bond donors (Lipinski definition) is 1. The Hall–Kier alpha value is -2.07. The average molecular weight is 348 g/mol. The second kappa shape index (κ2) is 7.22. The van der Waals surface area contributed by atoms with Gasteiger partial charge in [0.15, 0.2) is 0 Å². The van der Waals surface area contributed by atoms with Gasteiger partial charge in [0.25, 0.3) is 0 Å². The Bertz CT molecular complexity index is 838. The molecular weight excluding hydrogens is 325 g/mol. The number of rotatable bonds is 4. The maximum atomic E-state index is 13.0. The molecule has 2 heterocycles. The van der Waals surface area contributed by atoms with Crippen LogP contribution in [-0.2, 0) is 6.54 Å². The summed E-state index contributed by atoms with van der Waals surface area (Å²) in [5.74, 6) is 0.668. The second-order valence-electron chi connectivity index (χ2n) is 6.21. The predicted molar refractivity (Wildman–Crippen MR) is 101 cm³/mol. The highest BCUT2D eigenvalue weighted by atomic mass is 35.5. The summed E-state index contributed by atoms with van der Waals surface area (Å²) >= 11 is 0. The third kappa shape index (κ3) is 3.24. The van der Waals surface area contributed by atoms with Crippen molar-refractivity contribution in [3.8, 4) is 0 Å². The minimum Gasteiger partial charge on any atom is -0.365 e. The van der Waals surface area contributed by atoms with Crippen LogP contribution in [0.2, 0.25) is 0 Å². The summed E-state index contributed by atoms with van der Waals surface area (Å²) in [5.41, 5.74) is 4.76. The molecule has 0 aliphatic heterocycles. The van der Waals surface area contributed by atoms with Gasteiger partial charge in [0.1, 0.15) is 11.6 Å². The zero-order valence-electron chi connectivity index (χ0n) is 14.4. The van der Waals surface area contributed by atoms with Crippen LogP contribution in [0.4, 0.5) is 10.2 Å². The zero-order valence-corrected chi connectivity index (χ0v) is 15.2. The molecule has 0 atom stereocenters. The lowest BCUT2D eigenvalue weighted by molar-refractivity contribution is 0.606. The fourth-order valence-electron chi connectivity index (χ4n) is 3.15. The molecule has 0 radical (unpaired) electrons. The summed E-state index contributed by atoms with van der Waals surface area (Å²) in [4.78, 5) is 4.52. The highest BCUT2D eigenvalue weighted by Gasteiger charge is 2.16. The topological polar surface area (TPSA) is 29.9 Å². The molecule has 0 unspecified atom stereocenters. The summed E-state index contributed by atoms with van der Waals surface area (Å²) in [6, 6.07) is 9.02. The number of halogens is 2. The molecule has 3 nitrogen and oxygen atoms in total. The van der Waals surface area contributed by atoms with Crippen molar-refractivity contribution in [2.24, 2.45) is 0 Å². The van der Waals surface area contributed by atoms with E-state index in [1.807, 2.05) is 6.20 Å². The zero-order chi connectivity index (χ0) is 16.6. The van der Waals surface area contributed by atoms with E-state index >= 15 is 0 Å². The molecule has 0 amide bonds. The Kier molecular flexibility index (Phi) is 5.50. The molecule has 0 aliphatic carbocycles. The van der Waals surface area contributed by atoms with E-state index < -0.39 is 0 Å². The Balaban J connectivity index is 0.00000208. The fraction of sp³-hybridized carbons (Fsp3) is 0.316. The molecule has 0 spiro atoms. The minimum atomic E-state index is -0.213. The van der Waals surface area contributed by atoms with Crippen molar-refractivity contribution in [3.05, 3.63) is 59.2 Å². The predicted octanol–water partition coefficient (Wildman–Crippen LogP) is 5.41. The molecule has 0 fully saturated rings. The molecule has 24 heavy (non-hydrogen) atoms. The van der Waals surface area contributed by atoms with Crippen LogP contribution in [0, 0.1) is 19.7 Å². The molecule has 1 aromatic carbocycles. The number of pyridine rings is 1. The van der Waals surface area contributed by atoms with E-state index in [4.69, 9.17) is 0 Å². The van der Waals surface area contributed by atoms with Gasteiger partial charge in [-0.15, -0.1) is 12.4 Å². The summed E-state index contributed by atoms with van der Waals surface area (Å²) in [5, 5.41) is 4.56. The Morgan fingerprint density at radius 2 is 1.79 bits per heavy atom. The molecule has 0 saturated heterocycles. The fourth-order valence-corrected chi connectivity index (χ4v) is 3.15. The van der Waals surface area contributed by atoms with Crippen molar-refractivity contribution in [2.75, 3.05) is 5.32 Å². The van der Waals surface area contributed by atoms with Crippen LogP contribution in [0.15, 0.2) is 36.5 Å². The number of hydrogen-bond acceptors (Lipinski definition) is 2. The first-order chi connectivity index (χ1) is 11.0. The summed E-state index contributed by atoms with van der Waals surface area (Å²) in [6.45, 7) is 9.30. The van der Waals surface area contributed by atoms with Gasteiger partial charge in [-0.3, -0.25) is 0 Å². The number of anilines is 1. The molecule has 0 aliphatic rings. The largest absolute Gasteiger partial charge is 0.365 e. The highest BCUT2D eigenvalue weighted by Crippen LogP contribution is 2.32. The minimum absolute atomic E-state index is 0. The van der Waals surface area contributed by atoms with Gasteiger partial charge in [0.05, 0.1) is 5.52 Å². The van der Waals surface area contributed by atoms with Crippen molar-refractivity contribution in [3.63, 3.8) is 0 Å². The third-order valence-corrected chi connectivity index (χ3v) is 4.36. The second-order valence-corrected chi connectivity index (χ2v) is 6.21. The standard InChI is InChI=1S/C19H22FN3.ClH/c1-12(2)23-14(4)13(3)18-17(23)9-10-21-19(18)22-11-15-5-7-16(20)8-6-15;/h5-10,12H,11H2,1-4H3,(H,21,22);1H. The van der Waals surface area contributed by atoms with Crippen LogP contribution in [0.5, 0.6) is 0 Å². The summed E-state index contributed by atoms with van der Waals surface area (Å²) in [7, 11) is 0. The summed E-state index contributed by atoms with van der Waals surface area (Å²) in [6.07, 6.45) is 1.84. The maximum absolute atomic E-state index is 13.0. The molecule has 0 saturated carbocycles. The lowest BCUT2D eigenvalue weighted by atomic mass is 10.1.